The molecule has 0 unspecified atom stereocenters. The van der Waals surface area contributed by atoms with Crippen molar-refractivity contribution in [2.75, 3.05) is 11.9 Å². The van der Waals surface area contributed by atoms with Gasteiger partial charge in [-0.25, -0.2) is 9.97 Å². The third kappa shape index (κ3) is 4.66. The van der Waals surface area contributed by atoms with Gasteiger partial charge >= 0.3 is 0 Å². The highest BCUT2D eigenvalue weighted by atomic mass is 28.4. The Labute approximate surface area is 210 Å². The lowest BCUT2D eigenvalue weighted by Crippen LogP contribution is -2.44. The molecule has 2 aliphatic rings. The Morgan fingerprint density at radius 3 is 2.71 bits per heavy atom. The zero-order valence-corrected chi connectivity index (χ0v) is 22.8. The smallest absolute Gasteiger partial charge is 0.192 e. The molecule has 2 heterocycles. The summed E-state index contributed by atoms with van der Waals surface area (Å²) in [7, 11) is -1.89. The fourth-order valence-corrected chi connectivity index (χ4v) is 7.11. The Bertz CT molecular complexity index is 1190. The summed E-state index contributed by atoms with van der Waals surface area (Å²) in [4.78, 5) is 9.34. The molecule has 1 aromatic carbocycles. The number of hydrogen-bond acceptors (Lipinski definition) is 5. The fourth-order valence-electron chi connectivity index (χ4n) is 5.71. The molecule has 3 aromatic rings. The average Bonchev–Trinajstić information content (AvgIpc) is 3.51. The van der Waals surface area contributed by atoms with Crippen LogP contribution in [0.3, 0.4) is 0 Å². The van der Waals surface area contributed by atoms with E-state index in [9.17, 15) is 5.11 Å². The van der Waals surface area contributed by atoms with Gasteiger partial charge in [-0.3, -0.25) is 0 Å². The van der Waals surface area contributed by atoms with Crippen LogP contribution >= 0.6 is 0 Å². The van der Waals surface area contributed by atoms with Crippen molar-refractivity contribution in [3.8, 4) is 0 Å². The Morgan fingerprint density at radius 1 is 1.14 bits per heavy atom. The molecule has 0 bridgehead atoms. The average molecular weight is 493 g/mol. The van der Waals surface area contributed by atoms with E-state index in [1.165, 1.54) is 11.1 Å². The summed E-state index contributed by atoms with van der Waals surface area (Å²) in [6.07, 6.45) is 8.98. The highest BCUT2D eigenvalue weighted by Gasteiger charge is 2.44. The summed E-state index contributed by atoms with van der Waals surface area (Å²) in [5.41, 5.74) is 3.79. The van der Waals surface area contributed by atoms with Crippen LogP contribution in [0.5, 0.6) is 0 Å². The van der Waals surface area contributed by atoms with Crippen molar-refractivity contribution in [2.45, 2.75) is 89.2 Å². The van der Waals surface area contributed by atoms with Crippen LogP contribution in [-0.2, 0) is 10.8 Å². The maximum absolute atomic E-state index is 9.75. The maximum atomic E-state index is 9.75. The van der Waals surface area contributed by atoms with Crippen LogP contribution in [0.2, 0.25) is 18.1 Å². The fraction of sp³-hybridized carbons (Fsp3) is 0.571. The van der Waals surface area contributed by atoms with E-state index >= 15 is 0 Å². The van der Waals surface area contributed by atoms with Crippen molar-refractivity contribution in [3.05, 3.63) is 54.0 Å². The van der Waals surface area contributed by atoms with Crippen molar-refractivity contribution < 1.29 is 9.53 Å². The van der Waals surface area contributed by atoms with E-state index in [-0.39, 0.29) is 23.8 Å². The van der Waals surface area contributed by atoms with Gasteiger partial charge in [0.15, 0.2) is 8.32 Å². The number of aryl methyl sites for hydroxylation is 1. The largest absolute Gasteiger partial charge is 0.414 e. The molecule has 2 aliphatic carbocycles. The number of anilines is 1. The topological polar surface area (TPSA) is 72.2 Å². The summed E-state index contributed by atoms with van der Waals surface area (Å²) in [5.74, 6) is 1.28. The first-order valence-electron chi connectivity index (χ1n) is 13.1. The highest BCUT2D eigenvalue weighted by Crippen LogP contribution is 2.45. The van der Waals surface area contributed by atoms with Crippen molar-refractivity contribution in [1.29, 1.82) is 0 Å². The zero-order chi connectivity index (χ0) is 24.8. The predicted octanol–water partition coefficient (Wildman–Crippen LogP) is 6.25. The predicted molar refractivity (Wildman–Crippen MR) is 144 cm³/mol. The van der Waals surface area contributed by atoms with E-state index in [0.717, 1.165) is 49.0 Å². The van der Waals surface area contributed by atoms with Crippen LogP contribution in [0.4, 0.5) is 5.82 Å². The van der Waals surface area contributed by atoms with Crippen LogP contribution in [0, 0.1) is 5.92 Å². The first-order chi connectivity index (χ1) is 16.7. The Hall–Kier alpha value is -2.22. The monoisotopic (exact) mass is 492 g/mol. The van der Waals surface area contributed by atoms with Gasteiger partial charge in [0.05, 0.1) is 11.4 Å². The number of nitrogens with one attached hydrogen (secondary N) is 1. The van der Waals surface area contributed by atoms with Crippen molar-refractivity contribution in [1.82, 2.24) is 14.5 Å². The molecule has 0 aliphatic heterocycles. The summed E-state index contributed by atoms with van der Waals surface area (Å²) in [6.45, 7) is 11.7. The second kappa shape index (κ2) is 9.34. The summed E-state index contributed by atoms with van der Waals surface area (Å²) in [5, 5.41) is 14.7. The molecule has 4 atom stereocenters. The normalized spacial score (nSPS) is 24.7. The third-order valence-electron chi connectivity index (χ3n) is 8.70. The first-order valence-corrected chi connectivity index (χ1v) is 16.0. The van der Waals surface area contributed by atoms with Crippen LogP contribution < -0.4 is 5.32 Å². The second-order valence-electron chi connectivity index (χ2n) is 11.9. The minimum atomic E-state index is -1.89. The van der Waals surface area contributed by atoms with Crippen LogP contribution in [0.1, 0.15) is 69.7 Å². The standard InChI is InChI=1S/C28H40N4O2Si/c1-28(2,3)35(4,5)34-25-17-21(16-20(25)13-15-33)32-14-12-23-26(29-18-30-27(23)32)31-24-11-10-19-8-6-7-9-22(19)24/h6-9,12,14,18,20-21,24-25,33H,10-11,13,15-17H2,1-5H3,(H,29,30,31)/t20-,21-,24+,25+/m1/s1. The molecular formula is C28H40N4O2Si. The van der Waals surface area contributed by atoms with Gasteiger partial charge in [-0.1, -0.05) is 45.0 Å². The van der Waals surface area contributed by atoms with E-state index in [0.29, 0.717) is 12.0 Å². The van der Waals surface area contributed by atoms with Crippen molar-refractivity contribution in [3.63, 3.8) is 0 Å². The van der Waals surface area contributed by atoms with Crippen molar-refractivity contribution >= 4 is 25.2 Å². The maximum Gasteiger partial charge on any atom is 0.192 e. The Kier molecular flexibility index (Phi) is 6.53. The molecule has 0 spiro atoms. The van der Waals surface area contributed by atoms with Gasteiger partial charge in [0, 0.05) is 24.9 Å². The third-order valence-corrected chi connectivity index (χ3v) is 13.2. The minimum Gasteiger partial charge on any atom is -0.414 e. The number of hydrogen-bond donors (Lipinski definition) is 2. The highest BCUT2D eigenvalue weighted by molar-refractivity contribution is 6.74. The number of benzene rings is 1. The molecule has 35 heavy (non-hydrogen) atoms. The Balaban J connectivity index is 1.39. The van der Waals surface area contributed by atoms with Gasteiger partial charge in [-0.15, -0.1) is 0 Å². The van der Waals surface area contributed by atoms with E-state index in [4.69, 9.17) is 9.41 Å². The number of aliphatic hydroxyl groups excluding tert-OH is 1. The van der Waals surface area contributed by atoms with E-state index in [2.05, 4.69) is 85.3 Å². The molecule has 7 heteroatoms. The lowest BCUT2D eigenvalue weighted by Gasteiger charge is -2.39. The zero-order valence-electron chi connectivity index (χ0n) is 21.8. The number of rotatable bonds is 7. The number of aliphatic hydroxyl groups is 1. The first kappa shape index (κ1) is 24.5. The van der Waals surface area contributed by atoms with Gasteiger partial charge < -0.3 is 19.4 Å². The summed E-state index contributed by atoms with van der Waals surface area (Å²) in [6, 6.07) is 11.5. The minimum absolute atomic E-state index is 0.168. The number of aromatic nitrogens is 3. The van der Waals surface area contributed by atoms with E-state index in [1.54, 1.807) is 6.33 Å². The molecule has 1 saturated carbocycles. The van der Waals surface area contributed by atoms with Gasteiger partial charge in [0.2, 0.25) is 0 Å². The summed E-state index contributed by atoms with van der Waals surface area (Å²) >= 11 is 0. The lowest BCUT2D eigenvalue weighted by molar-refractivity contribution is 0.120. The van der Waals surface area contributed by atoms with Gasteiger partial charge in [0.1, 0.15) is 17.8 Å². The van der Waals surface area contributed by atoms with E-state index in [1.807, 2.05) is 0 Å². The lowest BCUT2D eigenvalue weighted by atomic mass is 10.0. The number of fused-ring (bicyclic) bond motifs is 2. The quantitative estimate of drug-likeness (QED) is 0.381. The molecule has 2 N–H and O–H groups in total. The molecule has 5 rings (SSSR count). The second-order valence-corrected chi connectivity index (χ2v) is 16.7. The Morgan fingerprint density at radius 2 is 1.94 bits per heavy atom. The van der Waals surface area contributed by atoms with Gasteiger partial charge in [0.25, 0.3) is 0 Å². The molecule has 0 saturated heterocycles. The molecule has 6 nitrogen and oxygen atoms in total. The molecular weight excluding hydrogens is 452 g/mol. The van der Waals surface area contributed by atoms with Gasteiger partial charge in [-0.05, 0) is 73.3 Å². The molecule has 1 fully saturated rings. The van der Waals surface area contributed by atoms with Gasteiger partial charge in [-0.2, -0.15) is 0 Å². The molecule has 0 radical (unpaired) electrons. The molecule has 188 valence electrons. The van der Waals surface area contributed by atoms with Crippen molar-refractivity contribution in [2.24, 2.45) is 5.92 Å². The van der Waals surface area contributed by atoms with Crippen LogP contribution in [0.15, 0.2) is 42.9 Å². The number of nitrogens with zero attached hydrogens (tertiary/aromatic N) is 3. The molecule has 2 aromatic heterocycles. The van der Waals surface area contributed by atoms with Crippen LogP contribution in [0.25, 0.3) is 11.0 Å². The van der Waals surface area contributed by atoms with Crippen LogP contribution in [-0.4, -0.2) is 40.7 Å². The SMILES string of the molecule is CC(C)(C)[Si](C)(C)O[C@H]1C[C@H](n2ccc3c(N[C@H]4CCc5ccccc54)ncnc32)C[C@H]1CCO. The van der Waals surface area contributed by atoms with E-state index < -0.39 is 8.32 Å². The molecule has 0 amide bonds. The summed E-state index contributed by atoms with van der Waals surface area (Å²) < 4.78 is 9.21.